The van der Waals surface area contributed by atoms with E-state index in [1.165, 1.54) is 16.8 Å². The van der Waals surface area contributed by atoms with Gasteiger partial charge in [0.2, 0.25) is 0 Å². The van der Waals surface area contributed by atoms with Crippen LogP contribution in [0.15, 0.2) is 39.8 Å². The van der Waals surface area contributed by atoms with E-state index in [4.69, 9.17) is 0 Å². The second kappa shape index (κ2) is 5.51. The highest BCUT2D eigenvalue weighted by Gasteiger charge is 2.32. The Morgan fingerprint density at radius 2 is 2.14 bits per heavy atom. The Morgan fingerprint density at radius 1 is 1.41 bits per heavy atom. The molecule has 0 aliphatic heterocycles. The first-order valence-electron chi connectivity index (χ1n) is 6.73. The lowest BCUT2D eigenvalue weighted by atomic mass is 10.1. The number of benzene rings is 1. The molecule has 0 saturated heterocycles. The van der Waals surface area contributed by atoms with E-state index in [9.17, 15) is 13.2 Å². The van der Waals surface area contributed by atoms with Gasteiger partial charge < -0.3 is 0 Å². The summed E-state index contributed by atoms with van der Waals surface area (Å²) in [6.45, 7) is 0. The summed E-state index contributed by atoms with van der Waals surface area (Å²) in [6.07, 6.45) is 3.65. The molecule has 0 radical (unpaired) electrons. The minimum atomic E-state index is -3.92. The molecule has 116 valence electrons. The number of aryl methyl sites for hydroxylation is 1. The van der Waals surface area contributed by atoms with Crippen LogP contribution in [-0.4, -0.2) is 24.1 Å². The second-order valence-electron chi connectivity index (χ2n) is 5.24. The van der Waals surface area contributed by atoms with Crippen molar-refractivity contribution in [2.24, 2.45) is 7.05 Å². The maximum Gasteiger partial charge on any atom is 0.283 e. The molecule has 1 aliphatic carbocycles. The number of rotatable bonds is 4. The molecule has 1 fully saturated rings. The summed E-state index contributed by atoms with van der Waals surface area (Å²) in [5.74, 6) is -0.343. The monoisotopic (exact) mass is 383 g/mol. The number of hydrogen-bond acceptors (Lipinski definition) is 4. The minimum Gasteiger partial charge on any atom is -0.266 e. The molecule has 1 heterocycles. The number of nitrogens with one attached hydrogen (secondary N) is 1. The molecule has 0 bridgehead atoms. The van der Waals surface area contributed by atoms with Crippen LogP contribution in [0.3, 0.4) is 0 Å². The van der Waals surface area contributed by atoms with Gasteiger partial charge in [-0.1, -0.05) is 22.0 Å². The molecule has 22 heavy (non-hydrogen) atoms. The van der Waals surface area contributed by atoms with Crippen molar-refractivity contribution in [1.29, 1.82) is 0 Å². The van der Waals surface area contributed by atoms with Crippen LogP contribution in [0.2, 0.25) is 0 Å². The van der Waals surface area contributed by atoms with E-state index < -0.39 is 15.9 Å². The molecule has 3 rings (SSSR count). The quantitative estimate of drug-likeness (QED) is 0.876. The van der Waals surface area contributed by atoms with Crippen LogP contribution in [0.4, 0.5) is 0 Å². The highest BCUT2D eigenvalue weighted by Crippen LogP contribution is 2.41. The number of hydrogen-bond donors (Lipinski definition) is 1. The Hall–Kier alpha value is -1.67. The van der Waals surface area contributed by atoms with E-state index >= 15 is 0 Å². The lowest BCUT2D eigenvalue weighted by Crippen LogP contribution is -2.32. The van der Waals surface area contributed by atoms with E-state index in [-0.39, 0.29) is 4.90 Å². The lowest BCUT2D eigenvalue weighted by Gasteiger charge is -2.09. The molecule has 1 aromatic carbocycles. The number of carbonyl (C=O) groups is 1. The van der Waals surface area contributed by atoms with Crippen LogP contribution in [0.1, 0.15) is 34.8 Å². The first-order chi connectivity index (χ1) is 10.4. The molecule has 1 amide bonds. The molecule has 6 nitrogen and oxygen atoms in total. The van der Waals surface area contributed by atoms with Gasteiger partial charge in [0.05, 0.1) is 11.1 Å². The average molecular weight is 384 g/mol. The predicted molar refractivity (Wildman–Crippen MR) is 84.0 cm³/mol. The molecule has 1 aromatic heterocycles. The zero-order valence-corrected chi connectivity index (χ0v) is 14.2. The van der Waals surface area contributed by atoms with E-state index in [1.807, 2.05) is 0 Å². The fraction of sp³-hybridized carbons (Fsp3) is 0.286. The molecule has 0 spiro atoms. The predicted octanol–water partition coefficient (Wildman–Crippen LogP) is 2.18. The summed E-state index contributed by atoms with van der Waals surface area (Å²) in [6, 6.07) is 6.20. The van der Waals surface area contributed by atoms with Crippen LogP contribution in [0.25, 0.3) is 0 Å². The van der Waals surface area contributed by atoms with E-state index in [0.717, 1.165) is 18.4 Å². The molecule has 0 atom stereocenters. The maximum absolute atomic E-state index is 12.4. The molecule has 2 aromatic rings. The number of sulfonamides is 1. The third-order valence-corrected chi connectivity index (χ3v) is 5.35. The van der Waals surface area contributed by atoms with Gasteiger partial charge in [0.1, 0.15) is 5.69 Å². The van der Waals surface area contributed by atoms with Crippen molar-refractivity contribution in [2.75, 3.05) is 0 Å². The topological polar surface area (TPSA) is 81.1 Å². The molecular formula is C14H14BrN3O3S. The lowest BCUT2D eigenvalue weighted by molar-refractivity contribution is 0.0971. The number of nitrogens with zero attached hydrogens (tertiary/aromatic N) is 2. The highest BCUT2D eigenvalue weighted by atomic mass is 79.9. The molecule has 0 unspecified atom stereocenters. The number of carbonyl (C=O) groups excluding carboxylic acids is 1. The zero-order chi connectivity index (χ0) is 15.9. The van der Waals surface area contributed by atoms with Gasteiger partial charge in [-0.05, 0) is 37.0 Å². The molecule has 1 N–H and O–H groups in total. The number of amides is 1. The summed E-state index contributed by atoms with van der Waals surface area (Å²) < 4.78 is 28.8. The van der Waals surface area contributed by atoms with Crippen molar-refractivity contribution in [1.82, 2.24) is 14.5 Å². The Bertz CT molecular complexity index is 841. The van der Waals surface area contributed by atoms with Crippen LogP contribution >= 0.6 is 15.9 Å². The minimum absolute atomic E-state index is 0.0327. The van der Waals surface area contributed by atoms with Gasteiger partial charge >= 0.3 is 0 Å². The van der Waals surface area contributed by atoms with Gasteiger partial charge in [0.25, 0.3) is 15.9 Å². The molecule has 1 aliphatic rings. The van der Waals surface area contributed by atoms with Crippen LogP contribution in [0.5, 0.6) is 0 Å². The summed E-state index contributed by atoms with van der Waals surface area (Å²) >= 11 is 3.22. The van der Waals surface area contributed by atoms with Gasteiger partial charge in [-0.2, -0.15) is 5.10 Å². The van der Waals surface area contributed by atoms with Gasteiger partial charge in [0.15, 0.2) is 0 Å². The van der Waals surface area contributed by atoms with Crippen molar-refractivity contribution >= 4 is 31.9 Å². The number of halogens is 1. The van der Waals surface area contributed by atoms with Gasteiger partial charge in [-0.3, -0.25) is 9.48 Å². The van der Waals surface area contributed by atoms with E-state index in [1.54, 1.807) is 25.4 Å². The third-order valence-electron chi connectivity index (χ3n) is 3.53. The van der Waals surface area contributed by atoms with Crippen LogP contribution in [-0.2, 0) is 17.1 Å². The average Bonchev–Trinajstić information content (AvgIpc) is 3.21. The highest BCUT2D eigenvalue weighted by molar-refractivity contribution is 9.10. The van der Waals surface area contributed by atoms with Gasteiger partial charge in [0, 0.05) is 17.1 Å². The normalized spacial score (nSPS) is 14.8. The standard InChI is InChI=1S/C14H14BrN3O3S/c1-18-13(12(8-16-18)9-5-6-9)14(19)17-22(20,21)11-4-2-3-10(15)7-11/h2-4,7-9H,5-6H2,1H3,(H,17,19). The Kier molecular flexibility index (Phi) is 3.82. The molecule has 8 heteroatoms. The largest absolute Gasteiger partial charge is 0.283 e. The first kappa shape index (κ1) is 15.2. The smallest absolute Gasteiger partial charge is 0.266 e. The Balaban J connectivity index is 1.89. The fourth-order valence-corrected chi connectivity index (χ4v) is 3.84. The fourth-order valence-electron chi connectivity index (χ4n) is 2.29. The zero-order valence-electron chi connectivity index (χ0n) is 11.8. The van der Waals surface area contributed by atoms with E-state index in [0.29, 0.717) is 16.1 Å². The summed E-state index contributed by atoms with van der Waals surface area (Å²) in [5.41, 5.74) is 1.12. The summed E-state index contributed by atoms with van der Waals surface area (Å²) in [5, 5.41) is 4.07. The first-order valence-corrected chi connectivity index (χ1v) is 9.01. The summed E-state index contributed by atoms with van der Waals surface area (Å²) in [7, 11) is -2.29. The Labute approximate surface area is 136 Å². The van der Waals surface area contributed by atoms with E-state index in [2.05, 4.69) is 25.8 Å². The van der Waals surface area contributed by atoms with Crippen molar-refractivity contribution < 1.29 is 13.2 Å². The second-order valence-corrected chi connectivity index (χ2v) is 7.84. The van der Waals surface area contributed by atoms with Crippen LogP contribution < -0.4 is 4.72 Å². The molecular weight excluding hydrogens is 370 g/mol. The van der Waals surface area contributed by atoms with Crippen molar-refractivity contribution in [3.63, 3.8) is 0 Å². The summed E-state index contributed by atoms with van der Waals surface area (Å²) in [4.78, 5) is 12.4. The van der Waals surface area contributed by atoms with Gasteiger partial charge in [-0.15, -0.1) is 0 Å². The van der Waals surface area contributed by atoms with Crippen LogP contribution in [0, 0.1) is 0 Å². The molecule has 1 saturated carbocycles. The SMILES string of the molecule is Cn1ncc(C2CC2)c1C(=O)NS(=O)(=O)c1cccc(Br)c1. The Morgan fingerprint density at radius 3 is 2.77 bits per heavy atom. The maximum atomic E-state index is 12.4. The third kappa shape index (κ3) is 2.93. The van der Waals surface area contributed by atoms with Crippen molar-refractivity contribution in [3.05, 3.63) is 46.2 Å². The van der Waals surface area contributed by atoms with Crippen molar-refractivity contribution in [3.8, 4) is 0 Å². The van der Waals surface area contributed by atoms with Crippen molar-refractivity contribution in [2.45, 2.75) is 23.7 Å². The number of aromatic nitrogens is 2. The van der Waals surface area contributed by atoms with Gasteiger partial charge in [-0.25, -0.2) is 13.1 Å².